The van der Waals surface area contributed by atoms with Crippen LogP contribution in [0.1, 0.15) is 31.2 Å². The molecule has 0 amide bonds. The van der Waals surface area contributed by atoms with Crippen LogP contribution in [0.2, 0.25) is 0 Å². The Morgan fingerprint density at radius 1 is 1.26 bits per heavy atom. The van der Waals surface area contributed by atoms with Crippen molar-refractivity contribution in [3.63, 3.8) is 0 Å². The number of piperidine rings is 1. The van der Waals surface area contributed by atoms with Crippen LogP contribution in [-0.4, -0.2) is 35.1 Å². The van der Waals surface area contributed by atoms with Crippen LogP contribution in [0.4, 0.5) is 0 Å². The summed E-state index contributed by atoms with van der Waals surface area (Å²) in [5, 5.41) is 9.84. The van der Waals surface area contributed by atoms with Gasteiger partial charge in [-0.1, -0.05) is 12.1 Å². The number of hydrogen-bond donors (Lipinski definition) is 1. The first-order valence-corrected chi connectivity index (χ1v) is 7.82. The van der Waals surface area contributed by atoms with E-state index in [-0.39, 0.29) is 0 Å². The molecule has 2 unspecified atom stereocenters. The Kier molecular flexibility index (Phi) is 3.33. The number of carboxylic acids is 1. The zero-order valence-electron chi connectivity index (χ0n) is 11.0. The largest absolute Gasteiger partial charge is 0.481 e. The highest BCUT2D eigenvalue weighted by Gasteiger charge is 2.52. The van der Waals surface area contributed by atoms with Gasteiger partial charge in [0.1, 0.15) is 0 Å². The maximum atomic E-state index is 12.0. The maximum absolute atomic E-state index is 12.0. The summed E-state index contributed by atoms with van der Waals surface area (Å²) in [6.07, 6.45) is 3.77. The minimum Gasteiger partial charge on any atom is -0.481 e. The van der Waals surface area contributed by atoms with Gasteiger partial charge in [-0.3, -0.25) is 4.79 Å². The Hall–Kier alpha value is -0.620. The van der Waals surface area contributed by atoms with Crippen molar-refractivity contribution in [3.05, 3.63) is 33.4 Å². The van der Waals surface area contributed by atoms with E-state index in [1.54, 1.807) is 0 Å². The molecule has 1 aromatic carbocycles. The minimum atomic E-state index is -0.678. The highest BCUT2D eigenvalue weighted by atomic mass is 127. The molecule has 19 heavy (non-hydrogen) atoms. The lowest BCUT2D eigenvalue weighted by atomic mass is 9.70. The van der Waals surface area contributed by atoms with Gasteiger partial charge in [0.25, 0.3) is 0 Å². The van der Waals surface area contributed by atoms with Crippen LogP contribution >= 0.6 is 22.6 Å². The van der Waals surface area contributed by atoms with E-state index >= 15 is 0 Å². The second-order valence-corrected chi connectivity index (χ2v) is 7.10. The molecule has 2 atom stereocenters. The molecule has 2 aliphatic heterocycles. The standard InChI is InChI=1S/C15H18INO2/c1-17-12-6-7-13(17)9-15(8-12,14(18)19)10-2-4-11(16)5-3-10/h2-5,12-13H,6-9H2,1H3,(H,18,19). The van der Waals surface area contributed by atoms with E-state index < -0.39 is 11.4 Å². The maximum Gasteiger partial charge on any atom is 0.314 e. The fourth-order valence-corrected chi connectivity index (χ4v) is 4.13. The molecule has 102 valence electrons. The van der Waals surface area contributed by atoms with Gasteiger partial charge in [0.2, 0.25) is 0 Å². The van der Waals surface area contributed by atoms with Gasteiger partial charge >= 0.3 is 5.97 Å². The monoisotopic (exact) mass is 371 g/mol. The van der Waals surface area contributed by atoms with E-state index in [1.807, 2.05) is 24.3 Å². The first kappa shape index (κ1) is 13.4. The molecule has 1 aromatic rings. The van der Waals surface area contributed by atoms with Gasteiger partial charge in [-0.15, -0.1) is 0 Å². The Morgan fingerprint density at radius 2 is 1.79 bits per heavy atom. The van der Waals surface area contributed by atoms with E-state index in [2.05, 4.69) is 34.5 Å². The number of halogens is 1. The molecule has 2 bridgehead atoms. The Balaban J connectivity index is 2.02. The van der Waals surface area contributed by atoms with Crippen molar-refractivity contribution in [3.8, 4) is 0 Å². The summed E-state index contributed by atoms with van der Waals surface area (Å²) in [6, 6.07) is 8.88. The number of benzene rings is 1. The number of aliphatic carboxylic acids is 1. The lowest BCUT2D eigenvalue weighted by Crippen LogP contribution is -2.51. The van der Waals surface area contributed by atoms with Crippen molar-refractivity contribution in [1.29, 1.82) is 0 Å². The zero-order chi connectivity index (χ0) is 13.6. The second kappa shape index (κ2) is 4.74. The third-order valence-corrected chi connectivity index (χ3v) is 5.68. The molecule has 1 N–H and O–H groups in total. The lowest BCUT2D eigenvalue weighted by Gasteiger charge is -2.43. The quantitative estimate of drug-likeness (QED) is 0.813. The third-order valence-electron chi connectivity index (χ3n) is 4.96. The highest BCUT2D eigenvalue weighted by Crippen LogP contribution is 2.46. The van der Waals surface area contributed by atoms with Gasteiger partial charge < -0.3 is 10.0 Å². The van der Waals surface area contributed by atoms with E-state index in [0.717, 1.165) is 34.8 Å². The average molecular weight is 371 g/mol. The lowest BCUT2D eigenvalue weighted by molar-refractivity contribution is -0.147. The van der Waals surface area contributed by atoms with Gasteiger partial charge in [-0.05, 0) is 73.0 Å². The van der Waals surface area contributed by atoms with E-state index in [9.17, 15) is 9.90 Å². The molecule has 2 fully saturated rings. The number of carboxylic acid groups (broad SMARTS) is 1. The number of rotatable bonds is 2. The Labute approximate surface area is 127 Å². The highest BCUT2D eigenvalue weighted by molar-refractivity contribution is 14.1. The first-order chi connectivity index (χ1) is 9.03. The predicted octanol–water partition coefficient (Wildman–Crippen LogP) is 2.87. The van der Waals surface area contributed by atoms with Crippen LogP contribution in [0.15, 0.2) is 24.3 Å². The third kappa shape index (κ3) is 2.09. The fraction of sp³-hybridized carbons (Fsp3) is 0.533. The van der Waals surface area contributed by atoms with Crippen molar-refractivity contribution in [1.82, 2.24) is 4.90 Å². The fourth-order valence-electron chi connectivity index (χ4n) is 3.77. The van der Waals surface area contributed by atoms with E-state index in [1.165, 1.54) is 0 Å². The molecule has 0 saturated carbocycles. The number of fused-ring (bicyclic) bond motifs is 2. The molecular formula is C15H18INO2. The molecule has 3 rings (SSSR count). The summed E-state index contributed by atoms with van der Waals surface area (Å²) in [7, 11) is 2.14. The molecule has 0 radical (unpaired) electrons. The second-order valence-electron chi connectivity index (χ2n) is 5.85. The molecule has 2 saturated heterocycles. The SMILES string of the molecule is CN1C2CCC1CC(C(=O)O)(c1ccc(I)cc1)C2. The topological polar surface area (TPSA) is 40.5 Å². The van der Waals surface area contributed by atoms with Crippen LogP contribution in [-0.2, 0) is 10.2 Å². The van der Waals surface area contributed by atoms with Crippen LogP contribution in [0.5, 0.6) is 0 Å². The number of nitrogens with zero attached hydrogens (tertiary/aromatic N) is 1. The van der Waals surface area contributed by atoms with Crippen molar-refractivity contribution in [2.75, 3.05) is 7.05 Å². The Morgan fingerprint density at radius 3 is 2.26 bits per heavy atom. The van der Waals surface area contributed by atoms with Gasteiger partial charge in [-0.25, -0.2) is 0 Å². The Bertz CT molecular complexity index is 485. The average Bonchev–Trinajstić information content (AvgIpc) is 2.63. The summed E-state index contributed by atoms with van der Waals surface area (Å²) >= 11 is 2.26. The summed E-state index contributed by atoms with van der Waals surface area (Å²) in [5.74, 6) is -0.654. The number of hydrogen-bond acceptors (Lipinski definition) is 2. The minimum absolute atomic E-state index is 0.425. The van der Waals surface area contributed by atoms with E-state index in [0.29, 0.717) is 12.1 Å². The normalized spacial score (nSPS) is 34.4. The van der Waals surface area contributed by atoms with Crippen LogP contribution in [0.25, 0.3) is 0 Å². The molecule has 0 aromatic heterocycles. The molecule has 4 heteroatoms. The smallest absolute Gasteiger partial charge is 0.314 e. The van der Waals surface area contributed by atoms with E-state index in [4.69, 9.17) is 0 Å². The summed E-state index contributed by atoms with van der Waals surface area (Å²) < 4.78 is 1.15. The summed E-state index contributed by atoms with van der Waals surface area (Å²) in [6.45, 7) is 0. The van der Waals surface area contributed by atoms with Crippen molar-refractivity contribution in [2.24, 2.45) is 0 Å². The van der Waals surface area contributed by atoms with Crippen molar-refractivity contribution in [2.45, 2.75) is 43.2 Å². The first-order valence-electron chi connectivity index (χ1n) is 6.74. The molecule has 2 aliphatic rings. The van der Waals surface area contributed by atoms with Gasteiger partial charge in [0.15, 0.2) is 0 Å². The molecule has 0 aliphatic carbocycles. The summed E-state index contributed by atoms with van der Waals surface area (Å²) in [5.41, 5.74) is 0.299. The van der Waals surface area contributed by atoms with Crippen molar-refractivity contribution >= 4 is 28.6 Å². The molecule has 3 nitrogen and oxygen atoms in total. The molecule has 2 heterocycles. The van der Waals surface area contributed by atoms with Crippen LogP contribution < -0.4 is 0 Å². The number of carbonyl (C=O) groups is 1. The van der Waals surface area contributed by atoms with Gasteiger partial charge in [0.05, 0.1) is 5.41 Å². The zero-order valence-corrected chi connectivity index (χ0v) is 13.1. The van der Waals surface area contributed by atoms with Crippen LogP contribution in [0, 0.1) is 3.57 Å². The predicted molar refractivity (Wildman–Crippen MR) is 82.3 cm³/mol. The van der Waals surface area contributed by atoms with Crippen molar-refractivity contribution < 1.29 is 9.90 Å². The molecular weight excluding hydrogens is 353 g/mol. The van der Waals surface area contributed by atoms with Crippen LogP contribution in [0.3, 0.4) is 0 Å². The van der Waals surface area contributed by atoms with Gasteiger partial charge in [-0.2, -0.15) is 0 Å². The summed E-state index contributed by atoms with van der Waals surface area (Å²) in [4.78, 5) is 14.3. The van der Waals surface area contributed by atoms with Gasteiger partial charge in [0, 0.05) is 15.7 Å². The molecule has 0 spiro atoms.